The minimum absolute atomic E-state index is 0.147. The molecule has 0 radical (unpaired) electrons. The summed E-state index contributed by atoms with van der Waals surface area (Å²) in [6.07, 6.45) is 0. The molecular weight excluding hydrogens is 406 g/mol. The first-order chi connectivity index (χ1) is 13.9. The minimum atomic E-state index is -0.883. The summed E-state index contributed by atoms with van der Waals surface area (Å²) in [7, 11) is 1.35. The Morgan fingerprint density at radius 1 is 1.21 bits per heavy atom. The largest absolute Gasteiger partial charge is 0.493 e. The highest BCUT2D eigenvalue weighted by atomic mass is 35.5. The van der Waals surface area contributed by atoms with Gasteiger partial charge >= 0.3 is 5.97 Å². The number of hydrogen-bond acceptors (Lipinski definition) is 8. The first-order valence-electron chi connectivity index (χ1n) is 8.69. The molecule has 0 unspecified atom stereocenters. The van der Waals surface area contributed by atoms with Crippen LogP contribution in [0.2, 0.25) is 5.02 Å². The van der Waals surface area contributed by atoms with E-state index in [1.165, 1.54) is 13.2 Å². The number of rotatable bonds is 7. The summed E-state index contributed by atoms with van der Waals surface area (Å²) in [5, 5.41) is 11.7. The number of benzene rings is 2. The van der Waals surface area contributed by atoms with Gasteiger partial charge in [-0.25, -0.2) is 4.79 Å². The second-order valence-corrected chi connectivity index (χ2v) is 6.30. The van der Waals surface area contributed by atoms with Gasteiger partial charge in [0.25, 0.3) is 5.69 Å². The SMILES string of the molecule is CCOc1cc(C(=O)OCc2cc(Cl)c3c(c2)OCCO3)c([N+](=O)[O-])cc1OC. The fourth-order valence-corrected chi connectivity index (χ4v) is 3.05. The van der Waals surface area contributed by atoms with Gasteiger partial charge in [0.2, 0.25) is 0 Å². The highest BCUT2D eigenvalue weighted by Crippen LogP contribution is 2.39. The van der Waals surface area contributed by atoms with E-state index >= 15 is 0 Å². The Morgan fingerprint density at radius 3 is 2.66 bits per heavy atom. The lowest BCUT2D eigenvalue weighted by atomic mass is 10.1. The topological polar surface area (TPSA) is 106 Å². The van der Waals surface area contributed by atoms with Gasteiger partial charge in [-0.05, 0) is 24.6 Å². The van der Waals surface area contributed by atoms with E-state index < -0.39 is 16.6 Å². The molecule has 0 bridgehead atoms. The van der Waals surface area contributed by atoms with Gasteiger partial charge in [-0.3, -0.25) is 10.1 Å². The van der Waals surface area contributed by atoms with Crippen molar-refractivity contribution < 1.29 is 33.4 Å². The van der Waals surface area contributed by atoms with Crippen LogP contribution in [0.4, 0.5) is 5.69 Å². The van der Waals surface area contributed by atoms with E-state index in [-0.39, 0.29) is 23.7 Å². The van der Waals surface area contributed by atoms with Gasteiger partial charge in [0, 0.05) is 6.07 Å². The van der Waals surface area contributed by atoms with E-state index in [9.17, 15) is 14.9 Å². The second-order valence-electron chi connectivity index (χ2n) is 5.89. The number of nitro benzene ring substituents is 1. The van der Waals surface area contributed by atoms with Crippen LogP contribution in [0.25, 0.3) is 0 Å². The summed E-state index contributed by atoms with van der Waals surface area (Å²) in [5.41, 5.74) is -0.146. The molecule has 0 N–H and O–H groups in total. The van der Waals surface area contributed by atoms with Crippen molar-refractivity contribution in [2.45, 2.75) is 13.5 Å². The summed E-state index contributed by atoms with van der Waals surface area (Å²) >= 11 is 6.17. The van der Waals surface area contributed by atoms with Crippen molar-refractivity contribution in [1.82, 2.24) is 0 Å². The predicted octanol–water partition coefficient (Wildman–Crippen LogP) is 3.78. The number of nitro groups is 1. The van der Waals surface area contributed by atoms with Crippen LogP contribution in [0, 0.1) is 10.1 Å². The Hall–Kier alpha value is -3.20. The van der Waals surface area contributed by atoms with E-state index in [2.05, 4.69) is 0 Å². The molecule has 2 aromatic carbocycles. The zero-order valence-electron chi connectivity index (χ0n) is 15.7. The first-order valence-corrected chi connectivity index (χ1v) is 9.06. The summed E-state index contributed by atoms with van der Waals surface area (Å²) in [6.45, 7) is 2.64. The summed E-state index contributed by atoms with van der Waals surface area (Å²) < 4.78 is 26.7. The molecule has 0 fully saturated rings. The maximum atomic E-state index is 12.6. The lowest BCUT2D eigenvalue weighted by molar-refractivity contribution is -0.385. The molecule has 1 aliphatic rings. The summed E-state index contributed by atoms with van der Waals surface area (Å²) in [5.74, 6) is 0.346. The molecule has 0 atom stereocenters. The number of nitrogens with zero attached hydrogens (tertiary/aromatic N) is 1. The van der Waals surface area contributed by atoms with E-state index in [0.717, 1.165) is 6.07 Å². The molecule has 0 saturated carbocycles. The third kappa shape index (κ3) is 4.45. The molecule has 0 amide bonds. The Labute approximate surface area is 171 Å². The molecule has 0 aliphatic carbocycles. The quantitative estimate of drug-likeness (QED) is 0.376. The molecule has 0 saturated heterocycles. The molecule has 10 heteroatoms. The number of fused-ring (bicyclic) bond motifs is 1. The molecular formula is C19H18ClNO8. The van der Waals surface area contributed by atoms with Crippen LogP contribution in [0.15, 0.2) is 24.3 Å². The second kappa shape index (κ2) is 8.87. The minimum Gasteiger partial charge on any atom is -0.493 e. The van der Waals surface area contributed by atoms with E-state index in [0.29, 0.717) is 41.9 Å². The standard InChI is InChI=1S/C19H18ClNO8/c1-3-26-16-8-12(14(21(23)24)9-15(16)25-2)19(22)29-10-11-6-13(20)18-17(7-11)27-4-5-28-18/h6-9H,3-5,10H2,1-2H3. The predicted molar refractivity (Wildman–Crippen MR) is 102 cm³/mol. The number of carbonyl (C=O) groups excluding carboxylic acids is 1. The Morgan fingerprint density at radius 2 is 1.97 bits per heavy atom. The van der Waals surface area contributed by atoms with Gasteiger partial charge in [0.15, 0.2) is 23.0 Å². The van der Waals surface area contributed by atoms with Gasteiger partial charge in [-0.1, -0.05) is 11.6 Å². The van der Waals surface area contributed by atoms with Crippen LogP contribution >= 0.6 is 11.6 Å². The average molecular weight is 424 g/mol. The van der Waals surface area contributed by atoms with Crippen molar-refractivity contribution in [3.63, 3.8) is 0 Å². The molecule has 1 aliphatic heterocycles. The number of halogens is 1. The van der Waals surface area contributed by atoms with E-state index in [1.54, 1.807) is 19.1 Å². The van der Waals surface area contributed by atoms with Crippen molar-refractivity contribution in [3.05, 3.63) is 50.5 Å². The van der Waals surface area contributed by atoms with Crippen molar-refractivity contribution in [2.24, 2.45) is 0 Å². The third-order valence-corrected chi connectivity index (χ3v) is 4.31. The van der Waals surface area contributed by atoms with Crippen molar-refractivity contribution in [2.75, 3.05) is 26.9 Å². The van der Waals surface area contributed by atoms with Crippen molar-refractivity contribution >= 4 is 23.3 Å². The number of esters is 1. The zero-order chi connectivity index (χ0) is 21.0. The average Bonchev–Trinajstić information content (AvgIpc) is 2.71. The Kier molecular flexibility index (Phi) is 6.28. The number of methoxy groups -OCH3 is 1. The first kappa shape index (κ1) is 20.5. The van der Waals surface area contributed by atoms with Crippen LogP contribution in [0.1, 0.15) is 22.8 Å². The van der Waals surface area contributed by atoms with Crippen molar-refractivity contribution in [1.29, 1.82) is 0 Å². The van der Waals surface area contributed by atoms with Crippen LogP contribution < -0.4 is 18.9 Å². The molecule has 154 valence electrons. The summed E-state index contributed by atoms with van der Waals surface area (Å²) in [4.78, 5) is 23.3. The molecule has 3 rings (SSSR count). The normalized spacial score (nSPS) is 12.2. The van der Waals surface area contributed by atoms with Crippen molar-refractivity contribution in [3.8, 4) is 23.0 Å². The van der Waals surface area contributed by atoms with Crippen LogP contribution in [0.3, 0.4) is 0 Å². The van der Waals surface area contributed by atoms with Crippen LogP contribution in [-0.4, -0.2) is 37.8 Å². The maximum absolute atomic E-state index is 12.6. The molecule has 0 spiro atoms. The lowest BCUT2D eigenvalue weighted by Gasteiger charge is -2.20. The zero-order valence-corrected chi connectivity index (χ0v) is 16.5. The Balaban J connectivity index is 1.84. The highest BCUT2D eigenvalue weighted by Gasteiger charge is 2.26. The van der Waals surface area contributed by atoms with Gasteiger partial charge in [0.1, 0.15) is 25.4 Å². The Bertz CT molecular complexity index is 946. The van der Waals surface area contributed by atoms with E-state index in [1.807, 2.05) is 0 Å². The lowest BCUT2D eigenvalue weighted by Crippen LogP contribution is -2.16. The summed E-state index contributed by atoms with van der Waals surface area (Å²) in [6, 6.07) is 5.58. The molecule has 29 heavy (non-hydrogen) atoms. The highest BCUT2D eigenvalue weighted by molar-refractivity contribution is 6.32. The van der Waals surface area contributed by atoms with Crippen LogP contribution in [0.5, 0.6) is 23.0 Å². The van der Waals surface area contributed by atoms with Gasteiger partial charge < -0.3 is 23.7 Å². The number of ether oxygens (including phenoxy) is 5. The smallest absolute Gasteiger partial charge is 0.345 e. The van der Waals surface area contributed by atoms with Gasteiger partial charge in [-0.2, -0.15) is 0 Å². The fourth-order valence-electron chi connectivity index (χ4n) is 2.77. The number of carbonyl (C=O) groups is 1. The van der Waals surface area contributed by atoms with Crippen LogP contribution in [-0.2, 0) is 11.3 Å². The molecule has 1 heterocycles. The van der Waals surface area contributed by atoms with Gasteiger partial charge in [0.05, 0.1) is 29.7 Å². The molecule has 0 aromatic heterocycles. The molecule has 2 aromatic rings. The van der Waals surface area contributed by atoms with E-state index in [4.69, 9.17) is 35.3 Å². The maximum Gasteiger partial charge on any atom is 0.345 e. The monoisotopic (exact) mass is 423 g/mol. The van der Waals surface area contributed by atoms with Gasteiger partial charge in [-0.15, -0.1) is 0 Å². The third-order valence-electron chi connectivity index (χ3n) is 4.02. The fraction of sp³-hybridized carbons (Fsp3) is 0.316. The number of hydrogen-bond donors (Lipinski definition) is 0. The molecule has 9 nitrogen and oxygen atoms in total.